The highest BCUT2D eigenvalue weighted by Crippen LogP contribution is 2.19. The van der Waals surface area contributed by atoms with Gasteiger partial charge in [-0.1, -0.05) is 0 Å². The highest BCUT2D eigenvalue weighted by atomic mass is 16.5. The Balaban J connectivity index is 2.65. The Kier molecular flexibility index (Phi) is 5.31. The summed E-state index contributed by atoms with van der Waals surface area (Å²) < 4.78 is 5.03. The van der Waals surface area contributed by atoms with Crippen LogP contribution in [0.3, 0.4) is 0 Å². The number of nitrogens with zero attached hydrogens (tertiary/aromatic N) is 1. The molecule has 1 atom stereocenters. The second-order valence-corrected chi connectivity index (χ2v) is 4.08. The molecule has 0 spiro atoms. The van der Waals surface area contributed by atoms with Gasteiger partial charge in [-0.3, -0.25) is 0 Å². The molecular formula is C13H19N3O. The predicted octanol–water partition coefficient (Wildman–Crippen LogP) is 2.17. The molecule has 0 bridgehead atoms. The zero-order chi connectivity index (χ0) is 12.7. The van der Waals surface area contributed by atoms with Crippen LogP contribution in [-0.4, -0.2) is 19.8 Å². The lowest BCUT2D eigenvalue weighted by Gasteiger charge is -2.15. The van der Waals surface area contributed by atoms with Crippen molar-refractivity contribution < 1.29 is 4.74 Å². The van der Waals surface area contributed by atoms with E-state index >= 15 is 0 Å². The number of anilines is 2. The summed E-state index contributed by atoms with van der Waals surface area (Å²) in [5, 5.41) is 12.0. The zero-order valence-electron chi connectivity index (χ0n) is 10.4. The number of nitrogen functional groups attached to an aromatic ring is 1. The van der Waals surface area contributed by atoms with Crippen molar-refractivity contribution in [1.29, 1.82) is 5.26 Å². The Hall–Kier alpha value is -1.73. The van der Waals surface area contributed by atoms with E-state index in [9.17, 15) is 0 Å². The molecular weight excluding hydrogens is 214 g/mol. The summed E-state index contributed by atoms with van der Waals surface area (Å²) in [6.45, 7) is 2.83. The average molecular weight is 233 g/mol. The minimum absolute atomic E-state index is 0.327. The fourth-order valence-electron chi connectivity index (χ4n) is 1.59. The van der Waals surface area contributed by atoms with Crippen LogP contribution in [0.1, 0.15) is 18.9 Å². The minimum Gasteiger partial charge on any atom is -0.398 e. The van der Waals surface area contributed by atoms with Gasteiger partial charge in [-0.15, -0.1) is 0 Å². The molecule has 1 unspecified atom stereocenters. The quantitative estimate of drug-likeness (QED) is 0.739. The molecule has 0 fully saturated rings. The largest absolute Gasteiger partial charge is 0.398 e. The third-order valence-electron chi connectivity index (χ3n) is 2.58. The Labute approximate surface area is 102 Å². The number of hydrogen-bond acceptors (Lipinski definition) is 4. The van der Waals surface area contributed by atoms with Crippen molar-refractivity contribution in [1.82, 2.24) is 0 Å². The fraction of sp³-hybridized carbons (Fsp3) is 0.462. The van der Waals surface area contributed by atoms with Crippen molar-refractivity contribution in [3.05, 3.63) is 23.8 Å². The molecule has 4 heteroatoms. The molecule has 3 N–H and O–H groups in total. The summed E-state index contributed by atoms with van der Waals surface area (Å²) in [6.07, 6.45) is 1.28. The van der Waals surface area contributed by atoms with Crippen molar-refractivity contribution in [2.24, 2.45) is 0 Å². The molecule has 0 aromatic heterocycles. The van der Waals surface area contributed by atoms with Gasteiger partial charge < -0.3 is 15.8 Å². The van der Waals surface area contributed by atoms with Gasteiger partial charge in [0, 0.05) is 31.1 Å². The summed E-state index contributed by atoms with van der Waals surface area (Å²) in [7, 11) is 1.70. The van der Waals surface area contributed by atoms with Crippen LogP contribution in [-0.2, 0) is 11.2 Å². The van der Waals surface area contributed by atoms with Gasteiger partial charge in [0.2, 0.25) is 0 Å². The summed E-state index contributed by atoms with van der Waals surface area (Å²) in [6, 6.07) is 8.13. The molecule has 1 rings (SSSR count). The number of ether oxygens (including phenoxy) is 1. The number of benzene rings is 1. The average Bonchev–Trinajstić information content (AvgIpc) is 2.31. The van der Waals surface area contributed by atoms with Crippen molar-refractivity contribution in [2.45, 2.75) is 25.8 Å². The van der Waals surface area contributed by atoms with Crippen molar-refractivity contribution in [3.63, 3.8) is 0 Å². The number of rotatable bonds is 6. The molecule has 0 heterocycles. The Morgan fingerprint density at radius 3 is 2.94 bits per heavy atom. The monoisotopic (exact) mass is 233 g/mol. The standard InChI is InChI=1S/C13H19N3O/c1-10(6-8-17-2)16-12-3-4-13(15)11(9-12)5-7-14/h3-4,9-10,16H,5-6,8,15H2,1-2H3. The van der Waals surface area contributed by atoms with E-state index in [4.69, 9.17) is 15.7 Å². The molecule has 0 aliphatic rings. The number of hydrogen-bond donors (Lipinski definition) is 2. The second-order valence-electron chi connectivity index (χ2n) is 4.08. The van der Waals surface area contributed by atoms with Gasteiger partial charge in [-0.05, 0) is 37.1 Å². The van der Waals surface area contributed by atoms with Crippen LogP contribution in [0.4, 0.5) is 11.4 Å². The van der Waals surface area contributed by atoms with Gasteiger partial charge in [0.05, 0.1) is 12.5 Å². The number of nitrogens with two attached hydrogens (primary N) is 1. The summed E-state index contributed by atoms with van der Waals surface area (Å²) in [5.41, 5.74) is 8.32. The maximum atomic E-state index is 8.69. The van der Waals surface area contributed by atoms with E-state index in [0.717, 1.165) is 24.3 Å². The van der Waals surface area contributed by atoms with E-state index < -0.39 is 0 Å². The van der Waals surface area contributed by atoms with Crippen molar-refractivity contribution >= 4 is 11.4 Å². The molecule has 0 aliphatic carbocycles. The first-order valence-electron chi connectivity index (χ1n) is 5.68. The molecule has 17 heavy (non-hydrogen) atoms. The van der Waals surface area contributed by atoms with Crippen LogP contribution in [0.2, 0.25) is 0 Å². The van der Waals surface area contributed by atoms with Gasteiger partial charge in [-0.2, -0.15) is 5.26 Å². The first kappa shape index (κ1) is 13.3. The van der Waals surface area contributed by atoms with E-state index in [-0.39, 0.29) is 0 Å². The van der Waals surface area contributed by atoms with Crippen LogP contribution < -0.4 is 11.1 Å². The maximum Gasteiger partial charge on any atom is 0.0670 e. The normalized spacial score (nSPS) is 11.8. The molecule has 0 amide bonds. The molecule has 0 radical (unpaired) electrons. The first-order chi connectivity index (χ1) is 8.17. The Morgan fingerprint density at radius 1 is 1.53 bits per heavy atom. The SMILES string of the molecule is COCCC(C)Nc1ccc(N)c(CC#N)c1. The van der Waals surface area contributed by atoms with Crippen LogP contribution in [0, 0.1) is 11.3 Å². The van der Waals surface area contributed by atoms with E-state index in [1.807, 2.05) is 18.2 Å². The first-order valence-corrected chi connectivity index (χ1v) is 5.68. The molecule has 0 aliphatic heterocycles. The fourth-order valence-corrected chi connectivity index (χ4v) is 1.59. The topological polar surface area (TPSA) is 71.1 Å². The van der Waals surface area contributed by atoms with E-state index in [1.165, 1.54) is 0 Å². The lowest BCUT2D eigenvalue weighted by atomic mass is 10.1. The molecule has 4 nitrogen and oxygen atoms in total. The minimum atomic E-state index is 0.327. The van der Waals surface area contributed by atoms with Gasteiger partial charge in [0.1, 0.15) is 0 Å². The Morgan fingerprint density at radius 2 is 2.29 bits per heavy atom. The molecule has 1 aromatic rings. The van der Waals surface area contributed by atoms with Gasteiger partial charge >= 0.3 is 0 Å². The van der Waals surface area contributed by atoms with Crippen molar-refractivity contribution in [2.75, 3.05) is 24.8 Å². The van der Waals surface area contributed by atoms with Crippen molar-refractivity contribution in [3.8, 4) is 6.07 Å². The van der Waals surface area contributed by atoms with Crippen LogP contribution in [0.15, 0.2) is 18.2 Å². The van der Waals surface area contributed by atoms with Gasteiger partial charge in [-0.25, -0.2) is 0 Å². The van der Waals surface area contributed by atoms with Gasteiger partial charge in [0.25, 0.3) is 0 Å². The van der Waals surface area contributed by atoms with E-state index in [2.05, 4.69) is 18.3 Å². The highest BCUT2D eigenvalue weighted by molar-refractivity contribution is 5.58. The zero-order valence-corrected chi connectivity index (χ0v) is 10.4. The summed E-state index contributed by atoms with van der Waals surface area (Å²) in [4.78, 5) is 0. The molecule has 0 saturated carbocycles. The third-order valence-corrected chi connectivity index (χ3v) is 2.58. The lowest BCUT2D eigenvalue weighted by Crippen LogP contribution is -2.17. The molecule has 92 valence electrons. The smallest absolute Gasteiger partial charge is 0.0670 e. The molecule has 0 saturated heterocycles. The molecule has 1 aromatic carbocycles. The van der Waals surface area contributed by atoms with E-state index in [1.54, 1.807) is 7.11 Å². The summed E-state index contributed by atoms with van der Waals surface area (Å²) in [5.74, 6) is 0. The van der Waals surface area contributed by atoms with Gasteiger partial charge in [0.15, 0.2) is 0 Å². The number of nitriles is 1. The third kappa shape index (κ3) is 4.33. The second kappa shape index (κ2) is 6.77. The lowest BCUT2D eigenvalue weighted by molar-refractivity contribution is 0.191. The van der Waals surface area contributed by atoms with Crippen LogP contribution >= 0.6 is 0 Å². The Bertz CT molecular complexity index is 398. The van der Waals surface area contributed by atoms with Crippen LogP contribution in [0.5, 0.6) is 0 Å². The summed E-state index contributed by atoms with van der Waals surface area (Å²) >= 11 is 0. The maximum absolute atomic E-state index is 8.69. The number of nitrogens with one attached hydrogen (secondary N) is 1. The van der Waals surface area contributed by atoms with E-state index in [0.29, 0.717) is 18.2 Å². The predicted molar refractivity (Wildman–Crippen MR) is 69.7 cm³/mol. The van der Waals surface area contributed by atoms with Crippen LogP contribution in [0.25, 0.3) is 0 Å². The highest BCUT2D eigenvalue weighted by Gasteiger charge is 2.04. The number of methoxy groups -OCH3 is 1.